The van der Waals surface area contributed by atoms with Gasteiger partial charge in [-0.05, 0) is 59.0 Å². The molecule has 156 valence electrons. The highest BCUT2D eigenvalue weighted by Gasteiger charge is 2.25. The highest BCUT2D eigenvalue weighted by Crippen LogP contribution is 2.33. The number of aromatic nitrogens is 2. The smallest absolute Gasteiger partial charge is 0.339 e. The van der Waals surface area contributed by atoms with Crippen molar-refractivity contribution in [2.45, 2.75) is 32.8 Å². The second-order valence-electron chi connectivity index (χ2n) is 8.29. The fourth-order valence-corrected chi connectivity index (χ4v) is 3.37. The first-order valence-corrected chi connectivity index (χ1v) is 9.95. The van der Waals surface area contributed by atoms with Gasteiger partial charge in [0, 0.05) is 37.6 Å². The summed E-state index contributed by atoms with van der Waals surface area (Å²) in [5.74, 6) is 1.04. The van der Waals surface area contributed by atoms with E-state index in [-0.39, 0.29) is 5.97 Å². The number of ether oxygens (including phenoxy) is 2. The Morgan fingerprint density at radius 2 is 1.83 bits per heavy atom. The summed E-state index contributed by atoms with van der Waals surface area (Å²) < 4.78 is 11.0. The van der Waals surface area contributed by atoms with Crippen molar-refractivity contribution in [3.63, 3.8) is 0 Å². The molecule has 1 aromatic carbocycles. The lowest BCUT2D eigenvalue weighted by atomic mass is 10.0. The van der Waals surface area contributed by atoms with E-state index in [0.717, 1.165) is 38.4 Å². The fraction of sp³-hybridized carbons (Fsp3) is 0.500. The van der Waals surface area contributed by atoms with Crippen molar-refractivity contribution in [1.82, 2.24) is 14.9 Å². The molecule has 2 heterocycles. The highest BCUT2D eigenvalue weighted by atomic mass is 16.6. The quantitative estimate of drug-likeness (QED) is 0.732. The molecule has 0 saturated carbocycles. The maximum atomic E-state index is 12.9. The van der Waals surface area contributed by atoms with Crippen molar-refractivity contribution in [3.05, 3.63) is 36.2 Å². The molecule has 1 aromatic heterocycles. The Hall–Kier alpha value is -2.67. The predicted molar refractivity (Wildman–Crippen MR) is 114 cm³/mol. The molecule has 0 unspecified atom stereocenters. The molecular weight excluding hydrogens is 368 g/mol. The molecular formula is C22H30N4O3. The summed E-state index contributed by atoms with van der Waals surface area (Å²) in [5, 5.41) is 0. The zero-order chi connectivity index (χ0) is 21.0. The summed E-state index contributed by atoms with van der Waals surface area (Å²) in [6, 6.07) is 5.33. The van der Waals surface area contributed by atoms with Gasteiger partial charge in [-0.2, -0.15) is 0 Å². The van der Waals surface area contributed by atoms with Crippen LogP contribution in [0.1, 0.15) is 37.6 Å². The molecule has 1 fully saturated rings. The standard InChI is InChI=1S/C22H30N4O3/c1-22(2,3)29-21(27)17-8-7-16(28-5)15-18(17)19-20(24-10-9-23-19)26-12-6-11-25(4)13-14-26/h7-10,15H,6,11-14H2,1-5H3. The number of hydrogen-bond donors (Lipinski definition) is 0. The highest BCUT2D eigenvalue weighted by molar-refractivity contribution is 5.98. The van der Waals surface area contributed by atoms with Crippen LogP contribution in [0.15, 0.2) is 30.6 Å². The third-order valence-electron chi connectivity index (χ3n) is 4.80. The average molecular weight is 399 g/mol. The van der Waals surface area contributed by atoms with E-state index in [2.05, 4.69) is 26.8 Å². The molecule has 0 aliphatic carbocycles. The van der Waals surface area contributed by atoms with Gasteiger partial charge in [0.25, 0.3) is 0 Å². The minimum atomic E-state index is -0.588. The number of esters is 1. The number of rotatable bonds is 4. The van der Waals surface area contributed by atoms with Crippen LogP contribution in [0.4, 0.5) is 5.82 Å². The lowest BCUT2D eigenvalue weighted by molar-refractivity contribution is 0.00704. The van der Waals surface area contributed by atoms with Gasteiger partial charge in [-0.15, -0.1) is 0 Å². The van der Waals surface area contributed by atoms with Crippen molar-refractivity contribution < 1.29 is 14.3 Å². The van der Waals surface area contributed by atoms with E-state index in [1.165, 1.54) is 0 Å². The summed E-state index contributed by atoms with van der Waals surface area (Å²) in [5.41, 5.74) is 1.19. The molecule has 0 N–H and O–H groups in total. The second kappa shape index (κ2) is 8.78. The number of carbonyl (C=O) groups is 1. The van der Waals surface area contributed by atoms with Gasteiger partial charge < -0.3 is 19.3 Å². The monoisotopic (exact) mass is 398 g/mol. The van der Waals surface area contributed by atoms with Gasteiger partial charge in [0.05, 0.1) is 12.7 Å². The SMILES string of the molecule is COc1ccc(C(=O)OC(C)(C)C)c(-c2nccnc2N2CCCN(C)CC2)c1. The van der Waals surface area contributed by atoms with Crippen molar-refractivity contribution >= 4 is 11.8 Å². The Balaban J connectivity index is 2.07. The lowest BCUT2D eigenvalue weighted by Crippen LogP contribution is -2.30. The predicted octanol–water partition coefficient (Wildman–Crippen LogP) is 3.25. The molecule has 7 nitrogen and oxygen atoms in total. The van der Waals surface area contributed by atoms with Gasteiger partial charge in [-0.3, -0.25) is 4.98 Å². The van der Waals surface area contributed by atoms with E-state index < -0.39 is 5.60 Å². The van der Waals surface area contributed by atoms with Crippen LogP contribution in [-0.2, 0) is 4.74 Å². The molecule has 0 amide bonds. The Morgan fingerprint density at radius 1 is 1.07 bits per heavy atom. The van der Waals surface area contributed by atoms with Crippen molar-refractivity contribution in [3.8, 4) is 17.0 Å². The van der Waals surface area contributed by atoms with Crippen LogP contribution >= 0.6 is 0 Å². The number of likely N-dealkylation sites (N-methyl/N-ethyl adjacent to an activating group) is 1. The Bertz CT molecular complexity index is 863. The number of benzene rings is 1. The Morgan fingerprint density at radius 3 is 2.55 bits per heavy atom. The van der Waals surface area contributed by atoms with Crippen molar-refractivity contribution in [2.24, 2.45) is 0 Å². The number of anilines is 1. The first kappa shape index (κ1) is 21.0. The molecule has 1 aliphatic rings. The van der Waals surface area contributed by atoms with E-state index in [1.807, 2.05) is 26.8 Å². The van der Waals surface area contributed by atoms with Crippen LogP contribution < -0.4 is 9.64 Å². The molecule has 0 spiro atoms. The van der Waals surface area contributed by atoms with Crippen LogP contribution in [0.3, 0.4) is 0 Å². The number of hydrogen-bond acceptors (Lipinski definition) is 7. The van der Waals surface area contributed by atoms with Gasteiger partial charge in [0.2, 0.25) is 0 Å². The molecule has 1 aliphatic heterocycles. The number of nitrogens with zero attached hydrogens (tertiary/aromatic N) is 4. The summed E-state index contributed by atoms with van der Waals surface area (Å²) in [4.78, 5) is 26.7. The van der Waals surface area contributed by atoms with Crippen LogP contribution in [0, 0.1) is 0 Å². The largest absolute Gasteiger partial charge is 0.497 e. The minimum absolute atomic E-state index is 0.387. The maximum absolute atomic E-state index is 12.9. The molecule has 0 bridgehead atoms. The first-order valence-electron chi connectivity index (χ1n) is 9.95. The molecule has 29 heavy (non-hydrogen) atoms. The topological polar surface area (TPSA) is 67.8 Å². The van der Waals surface area contributed by atoms with Gasteiger partial charge in [0.1, 0.15) is 17.0 Å². The Labute approximate surface area is 172 Å². The molecule has 3 rings (SSSR count). The maximum Gasteiger partial charge on any atom is 0.339 e. The molecule has 7 heteroatoms. The number of methoxy groups -OCH3 is 1. The summed E-state index contributed by atoms with van der Waals surface area (Å²) in [7, 11) is 3.73. The van der Waals surface area contributed by atoms with E-state index in [9.17, 15) is 4.79 Å². The lowest BCUT2D eigenvalue weighted by Gasteiger charge is -2.25. The third kappa shape index (κ3) is 5.23. The summed E-state index contributed by atoms with van der Waals surface area (Å²) in [6.45, 7) is 9.32. The van der Waals surface area contributed by atoms with Crippen LogP contribution in [0.25, 0.3) is 11.3 Å². The van der Waals surface area contributed by atoms with Gasteiger partial charge >= 0.3 is 5.97 Å². The zero-order valence-electron chi connectivity index (χ0n) is 17.9. The molecule has 0 atom stereocenters. The van der Waals surface area contributed by atoms with Gasteiger partial charge in [-0.25, -0.2) is 9.78 Å². The number of carbonyl (C=O) groups excluding carboxylic acids is 1. The molecule has 0 radical (unpaired) electrons. The van der Waals surface area contributed by atoms with Crippen molar-refractivity contribution in [2.75, 3.05) is 45.2 Å². The zero-order valence-corrected chi connectivity index (χ0v) is 17.9. The second-order valence-corrected chi connectivity index (χ2v) is 8.29. The van der Waals surface area contributed by atoms with E-state index in [4.69, 9.17) is 9.47 Å². The molecule has 1 saturated heterocycles. The summed E-state index contributed by atoms with van der Waals surface area (Å²) in [6.07, 6.45) is 4.39. The van der Waals surface area contributed by atoms with Gasteiger partial charge in [0.15, 0.2) is 5.82 Å². The third-order valence-corrected chi connectivity index (χ3v) is 4.80. The normalized spacial score (nSPS) is 15.7. The van der Waals surface area contributed by atoms with Crippen LogP contribution in [0.2, 0.25) is 0 Å². The van der Waals surface area contributed by atoms with E-state index >= 15 is 0 Å². The first-order chi connectivity index (χ1) is 13.8. The van der Waals surface area contributed by atoms with E-state index in [0.29, 0.717) is 22.6 Å². The van der Waals surface area contributed by atoms with E-state index in [1.54, 1.807) is 31.6 Å². The molecule has 2 aromatic rings. The Kier molecular flexibility index (Phi) is 6.37. The van der Waals surface area contributed by atoms with Crippen LogP contribution in [0.5, 0.6) is 5.75 Å². The fourth-order valence-electron chi connectivity index (χ4n) is 3.37. The average Bonchev–Trinajstić information content (AvgIpc) is 2.90. The van der Waals surface area contributed by atoms with Gasteiger partial charge in [-0.1, -0.05) is 0 Å². The van der Waals surface area contributed by atoms with Crippen molar-refractivity contribution in [1.29, 1.82) is 0 Å². The van der Waals surface area contributed by atoms with Crippen LogP contribution in [-0.4, -0.2) is 66.8 Å². The summed E-state index contributed by atoms with van der Waals surface area (Å²) >= 11 is 0. The minimum Gasteiger partial charge on any atom is -0.497 e.